The van der Waals surface area contributed by atoms with E-state index in [-0.39, 0.29) is 5.91 Å². The first kappa shape index (κ1) is 12.9. The van der Waals surface area contributed by atoms with E-state index in [0.29, 0.717) is 0 Å². The fourth-order valence-electron chi connectivity index (χ4n) is 2.71. The molecule has 1 fully saturated rings. The zero-order valence-electron chi connectivity index (χ0n) is 11.0. The van der Waals surface area contributed by atoms with Crippen molar-refractivity contribution in [2.75, 3.05) is 20.2 Å². The number of primary amides is 1. The molecule has 1 heterocycles. The topological polar surface area (TPSA) is 64.3 Å². The number of hydrogen-bond acceptors (Lipinski definition) is 3. The van der Waals surface area contributed by atoms with E-state index in [9.17, 15) is 4.79 Å². The number of rotatable bonds is 3. The highest BCUT2D eigenvalue weighted by atomic mass is 16.5. The highest BCUT2D eigenvalue weighted by molar-refractivity contribution is 5.87. The van der Waals surface area contributed by atoms with Crippen LogP contribution in [-0.4, -0.2) is 26.1 Å². The Hall–Kier alpha value is -1.55. The largest absolute Gasteiger partial charge is 0.496 e. The number of amides is 1. The monoisotopic (exact) mass is 248 g/mol. The van der Waals surface area contributed by atoms with Crippen molar-refractivity contribution < 1.29 is 9.53 Å². The molecule has 0 radical (unpaired) electrons. The first-order valence-electron chi connectivity index (χ1n) is 6.26. The summed E-state index contributed by atoms with van der Waals surface area (Å²) in [5.74, 6) is 0.612. The van der Waals surface area contributed by atoms with Crippen LogP contribution in [0.4, 0.5) is 0 Å². The molecule has 4 nitrogen and oxygen atoms in total. The molecule has 0 bridgehead atoms. The van der Waals surface area contributed by atoms with Crippen LogP contribution in [0, 0.1) is 6.92 Å². The summed E-state index contributed by atoms with van der Waals surface area (Å²) >= 11 is 0. The number of methoxy groups -OCH3 is 1. The predicted molar refractivity (Wildman–Crippen MR) is 70.7 cm³/mol. The van der Waals surface area contributed by atoms with Crippen LogP contribution in [0.25, 0.3) is 0 Å². The Kier molecular flexibility index (Phi) is 3.57. The number of nitrogens with two attached hydrogens (primary N) is 1. The van der Waals surface area contributed by atoms with Gasteiger partial charge in [-0.1, -0.05) is 12.1 Å². The van der Waals surface area contributed by atoms with E-state index in [0.717, 1.165) is 42.8 Å². The van der Waals surface area contributed by atoms with E-state index < -0.39 is 5.41 Å². The van der Waals surface area contributed by atoms with Gasteiger partial charge < -0.3 is 15.8 Å². The number of carbonyl (C=O) groups is 1. The van der Waals surface area contributed by atoms with E-state index >= 15 is 0 Å². The third-order valence-corrected chi connectivity index (χ3v) is 3.88. The molecule has 0 aliphatic carbocycles. The minimum atomic E-state index is -0.526. The van der Waals surface area contributed by atoms with Crippen LogP contribution in [0.2, 0.25) is 0 Å². The second-order valence-corrected chi connectivity index (χ2v) is 4.88. The van der Waals surface area contributed by atoms with Gasteiger partial charge >= 0.3 is 0 Å². The fraction of sp³-hybridized carbons (Fsp3) is 0.500. The second-order valence-electron chi connectivity index (χ2n) is 4.88. The Balaban J connectivity index is 2.43. The van der Waals surface area contributed by atoms with Gasteiger partial charge in [0.05, 0.1) is 12.5 Å². The Morgan fingerprint density at radius 3 is 2.56 bits per heavy atom. The van der Waals surface area contributed by atoms with Crippen LogP contribution in [0.1, 0.15) is 24.0 Å². The van der Waals surface area contributed by atoms with Gasteiger partial charge in [0.15, 0.2) is 0 Å². The maximum Gasteiger partial charge on any atom is 0.228 e. The SMILES string of the molecule is COc1ccc(C2(C(N)=O)CCNCC2)cc1C. The Morgan fingerprint density at radius 2 is 2.06 bits per heavy atom. The molecule has 0 unspecified atom stereocenters. The molecule has 1 aliphatic rings. The van der Waals surface area contributed by atoms with Crippen molar-refractivity contribution in [2.45, 2.75) is 25.2 Å². The molecular weight excluding hydrogens is 228 g/mol. The summed E-state index contributed by atoms with van der Waals surface area (Å²) < 4.78 is 5.25. The second kappa shape index (κ2) is 4.98. The number of nitrogens with one attached hydrogen (secondary N) is 1. The maximum atomic E-state index is 11.9. The molecule has 0 aromatic heterocycles. The number of benzene rings is 1. The molecule has 0 atom stereocenters. The van der Waals surface area contributed by atoms with Gasteiger partial charge in [-0.3, -0.25) is 4.79 Å². The van der Waals surface area contributed by atoms with Crippen LogP contribution < -0.4 is 15.8 Å². The third-order valence-electron chi connectivity index (χ3n) is 3.88. The molecule has 1 aliphatic heterocycles. The average molecular weight is 248 g/mol. The van der Waals surface area contributed by atoms with E-state index in [4.69, 9.17) is 10.5 Å². The summed E-state index contributed by atoms with van der Waals surface area (Å²) in [6, 6.07) is 5.90. The molecule has 1 saturated heterocycles. The minimum Gasteiger partial charge on any atom is -0.496 e. The van der Waals surface area contributed by atoms with Crippen molar-refractivity contribution in [3.63, 3.8) is 0 Å². The van der Waals surface area contributed by atoms with Crippen molar-refractivity contribution in [2.24, 2.45) is 5.73 Å². The van der Waals surface area contributed by atoms with Crippen LogP contribution in [0.5, 0.6) is 5.75 Å². The van der Waals surface area contributed by atoms with Gasteiger partial charge in [0.25, 0.3) is 0 Å². The molecule has 0 spiro atoms. The lowest BCUT2D eigenvalue weighted by Crippen LogP contribution is -2.48. The summed E-state index contributed by atoms with van der Waals surface area (Å²) in [5, 5.41) is 3.27. The molecule has 1 aromatic rings. The minimum absolute atomic E-state index is 0.228. The lowest BCUT2D eigenvalue weighted by molar-refractivity contribution is -0.124. The van der Waals surface area contributed by atoms with Crippen molar-refractivity contribution >= 4 is 5.91 Å². The Labute approximate surface area is 108 Å². The van der Waals surface area contributed by atoms with Gasteiger partial charge in [0.2, 0.25) is 5.91 Å². The lowest BCUT2D eigenvalue weighted by atomic mass is 9.72. The van der Waals surface area contributed by atoms with E-state index in [1.807, 2.05) is 25.1 Å². The van der Waals surface area contributed by atoms with Crippen LogP contribution in [0.15, 0.2) is 18.2 Å². The fourth-order valence-corrected chi connectivity index (χ4v) is 2.71. The Bertz CT molecular complexity index is 451. The molecule has 2 rings (SSSR count). The standard InChI is InChI=1S/C14H20N2O2/c1-10-9-11(3-4-12(10)18-2)14(13(15)17)5-7-16-8-6-14/h3-4,9,16H,5-8H2,1-2H3,(H2,15,17). The van der Waals surface area contributed by atoms with Gasteiger partial charge in [-0.05, 0) is 50.0 Å². The summed E-state index contributed by atoms with van der Waals surface area (Å²) in [6.07, 6.45) is 1.52. The van der Waals surface area contributed by atoms with Gasteiger partial charge in [-0.15, -0.1) is 0 Å². The zero-order valence-corrected chi connectivity index (χ0v) is 11.0. The molecule has 3 N–H and O–H groups in total. The molecule has 4 heteroatoms. The highest BCUT2D eigenvalue weighted by Crippen LogP contribution is 2.35. The van der Waals surface area contributed by atoms with Crippen LogP contribution >= 0.6 is 0 Å². The normalized spacial score (nSPS) is 18.3. The zero-order chi connectivity index (χ0) is 13.2. The summed E-state index contributed by atoms with van der Waals surface area (Å²) in [6.45, 7) is 3.64. The van der Waals surface area contributed by atoms with E-state index in [2.05, 4.69) is 5.32 Å². The lowest BCUT2D eigenvalue weighted by Gasteiger charge is -2.35. The quantitative estimate of drug-likeness (QED) is 0.842. The summed E-state index contributed by atoms with van der Waals surface area (Å²) in [4.78, 5) is 11.9. The van der Waals surface area contributed by atoms with Crippen molar-refractivity contribution in [1.29, 1.82) is 0 Å². The Morgan fingerprint density at radius 1 is 1.39 bits per heavy atom. The smallest absolute Gasteiger partial charge is 0.228 e. The first-order valence-corrected chi connectivity index (χ1v) is 6.26. The summed E-state index contributed by atoms with van der Waals surface area (Å²) in [7, 11) is 1.65. The molecule has 1 amide bonds. The number of carbonyl (C=O) groups excluding carboxylic acids is 1. The van der Waals surface area contributed by atoms with Gasteiger partial charge in [0.1, 0.15) is 5.75 Å². The predicted octanol–water partition coefficient (Wildman–Crippen LogP) is 1.11. The van der Waals surface area contributed by atoms with E-state index in [1.54, 1.807) is 7.11 Å². The van der Waals surface area contributed by atoms with Gasteiger partial charge in [0, 0.05) is 0 Å². The maximum absolute atomic E-state index is 11.9. The van der Waals surface area contributed by atoms with E-state index in [1.165, 1.54) is 0 Å². The number of piperidine rings is 1. The van der Waals surface area contributed by atoms with Crippen molar-refractivity contribution in [1.82, 2.24) is 5.32 Å². The van der Waals surface area contributed by atoms with Crippen LogP contribution in [-0.2, 0) is 10.2 Å². The third kappa shape index (κ3) is 2.08. The van der Waals surface area contributed by atoms with Gasteiger partial charge in [-0.2, -0.15) is 0 Å². The first-order chi connectivity index (χ1) is 8.60. The number of hydrogen-bond donors (Lipinski definition) is 2. The van der Waals surface area contributed by atoms with Crippen molar-refractivity contribution in [3.05, 3.63) is 29.3 Å². The number of aryl methyl sites for hydroxylation is 1. The molecule has 0 saturated carbocycles. The van der Waals surface area contributed by atoms with Crippen molar-refractivity contribution in [3.8, 4) is 5.75 Å². The summed E-state index contributed by atoms with van der Waals surface area (Å²) in [5.41, 5.74) is 7.18. The number of ether oxygens (including phenoxy) is 1. The molecule has 98 valence electrons. The molecule has 1 aromatic carbocycles. The molecule has 18 heavy (non-hydrogen) atoms. The molecular formula is C14H20N2O2. The van der Waals surface area contributed by atoms with Gasteiger partial charge in [-0.25, -0.2) is 0 Å². The average Bonchev–Trinajstić information content (AvgIpc) is 2.39. The highest BCUT2D eigenvalue weighted by Gasteiger charge is 2.39. The van der Waals surface area contributed by atoms with Crippen LogP contribution in [0.3, 0.4) is 0 Å².